The van der Waals surface area contributed by atoms with Gasteiger partial charge in [0.25, 0.3) is 0 Å². The van der Waals surface area contributed by atoms with E-state index in [0.29, 0.717) is 17.5 Å². The second-order valence-corrected chi connectivity index (χ2v) is 17.0. The highest BCUT2D eigenvalue weighted by Gasteiger charge is 2.54. The topological polar surface area (TPSA) is 43.6 Å². The van der Waals surface area contributed by atoms with Crippen LogP contribution in [0, 0.1) is 0 Å². The molecule has 0 radical (unpaired) electrons. The Kier molecular flexibility index (Phi) is 7.09. The summed E-state index contributed by atoms with van der Waals surface area (Å²) in [5.41, 5.74) is 20.5. The molecule has 11 aromatic rings. The van der Waals surface area contributed by atoms with Gasteiger partial charge in [-0.15, -0.1) is 0 Å². The summed E-state index contributed by atoms with van der Waals surface area (Å²) >= 11 is 0. The van der Waals surface area contributed by atoms with Crippen LogP contribution in [-0.2, 0) is 5.41 Å². The Labute approximate surface area is 364 Å². The first-order valence-electron chi connectivity index (χ1n) is 21.7. The summed E-state index contributed by atoms with van der Waals surface area (Å²) in [6.45, 7) is 0.0910. The van der Waals surface area contributed by atoms with Gasteiger partial charge in [-0.1, -0.05) is 198 Å². The van der Waals surface area contributed by atoms with E-state index in [4.69, 9.17) is 15.0 Å². The zero-order valence-electron chi connectivity index (χ0n) is 34.1. The number of benzene rings is 9. The molecule has 1 aliphatic carbocycles. The largest absolute Gasteiger partial charge is 0.309 e. The molecule has 1 atom stereocenters. The van der Waals surface area contributed by atoms with Crippen LogP contribution in [0.1, 0.15) is 22.3 Å². The van der Waals surface area contributed by atoms with Crippen LogP contribution in [0.5, 0.6) is 0 Å². The van der Waals surface area contributed by atoms with Crippen molar-refractivity contribution in [3.05, 3.63) is 235 Å². The highest BCUT2D eigenvalue weighted by atomic mass is 15.0. The van der Waals surface area contributed by atoms with Crippen molar-refractivity contribution in [3.8, 4) is 62.1 Å². The minimum Gasteiger partial charge on any atom is -0.309 e. The van der Waals surface area contributed by atoms with Crippen LogP contribution in [0.25, 0.3) is 83.9 Å². The van der Waals surface area contributed by atoms with E-state index in [1.165, 1.54) is 88.4 Å². The zero-order valence-corrected chi connectivity index (χ0v) is 34.1. The second kappa shape index (κ2) is 12.9. The van der Waals surface area contributed by atoms with Gasteiger partial charge in [0.05, 0.1) is 16.4 Å². The second-order valence-electron chi connectivity index (χ2n) is 17.0. The molecule has 4 nitrogen and oxygen atoms in total. The summed E-state index contributed by atoms with van der Waals surface area (Å²) in [5.74, 6) is 1.99. The Hall–Kier alpha value is -8.15. The average molecular weight is 799 g/mol. The van der Waals surface area contributed by atoms with Gasteiger partial charge in [0.1, 0.15) is 0 Å². The quantitative estimate of drug-likeness (QED) is 0.167. The molecule has 5 heteroatoms. The molecule has 290 valence electrons. The number of fused-ring (bicyclic) bond motifs is 15. The number of rotatable bonds is 4. The third kappa shape index (κ3) is 4.68. The lowest BCUT2D eigenvalue weighted by Gasteiger charge is -2.42. The molecule has 0 saturated heterocycles. The summed E-state index contributed by atoms with van der Waals surface area (Å²) < 4.78 is 2.44. The maximum absolute atomic E-state index is 5.13. The highest BCUT2D eigenvalue weighted by Crippen LogP contribution is 2.57. The van der Waals surface area contributed by atoms with Gasteiger partial charge in [-0.2, -0.15) is 0 Å². The van der Waals surface area contributed by atoms with Crippen molar-refractivity contribution in [1.29, 1.82) is 0 Å². The van der Waals surface area contributed by atoms with Crippen LogP contribution in [-0.4, -0.2) is 26.2 Å². The first-order chi connectivity index (χ1) is 31.3. The minimum absolute atomic E-state index is 0.0910. The molecule has 2 aromatic heterocycles. The van der Waals surface area contributed by atoms with Gasteiger partial charge in [0, 0.05) is 33.2 Å². The predicted octanol–water partition coefficient (Wildman–Crippen LogP) is 11.1. The molecule has 0 bridgehead atoms. The van der Waals surface area contributed by atoms with Gasteiger partial charge < -0.3 is 4.57 Å². The van der Waals surface area contributed by atoms with E-state index in [2.05, 4.69) is 180 Å². The number of hydrogen-bond acceptors (Lipinski definition) is 3. The zero-order chi connectivity index (χ0) is 41.2. The van der Waals surface area contributed by atoms with E-state index in [9.17, 15) is 0 Å². The summed E-state index contributed by atoms with van der Waals surface area (Å²) in [6.07, 6.45) is 0. The molecule has 14 rings (SSSR count). The number of para-hydroxylation sites is 2. The van der Waals surface area contributed by atoms with Gasteiger partial charge >= 0.3 is 0 Å². The van der Waals surface area contributed by atoms with Crippen molar-refractivity contribution in [2.75, 3.05) is 0 Å². The monoisotopic (exact) mass is 798 g/mol. The number of hydrogen-bond donors (Lipinski definition) is 0. The fourth-order valence-electron chi connectivity index (χ4n) is 11.5. The van der Waals surface area contributed by atoms with E-state index in [-0.39, 0.29) is 6.71 Å². The van der Waals surface area contributed by atoms with Gasteiger partial charge in [-0.05, 0) is 74.8 Å². The lowest BCUT2D eigenvalue weighted by molar-refractivity contribution is 0.775. The van der Waals surface area contributed by atoms with E-state index >= 15 is 0 Å². The van der Waals surface area contributed by atoms with E-state index in [1.807, 2.05) is 36.4 Å². The number of aromatic nitrogens is 4. The molecular weight excluding hydrogens is 763 g/mol. The summed E-state index contributed by atoms with van der Waals surface area (Å²) in [4.78, 5) is 15.2. The Morgan fingerprint density at radius 3 is 1.62 bits per heavy atom. The Morgan fingerprint density at radius 2 is 0.905 bits per heavy atom. The van der Waals surface area contributed by atoms with Gasteiger partial charge in [0.15, 0.2) is 17.5 Å². The summed E-state index contributed by atoms with van der Waals surface area (Å²) in [5, 5.41) is 2.54. The molecule has 0 amide bonds. The van der Waals surface area contributed by atoms with Crippen molar-refractivity contribution >= 4 is 44.9 Å². The normalized spacial score (nSPS) is 15.0. The molecule has 1 unspecified atom stereocenters. The average Bonchev–Trinajstić information content (AvgIpc) is 3.98. The van der Waals surface area contributed by atoms with Crippen molar-refractivity contribution in [2.24, 2.45) is 0 Å². The number of nitrogens with zero attached hydrogens (tertiary/aromatic N) is 4. The van der Waals surface area contributed by atoms with Crippen LogP contribution in [0.2, 0.25) is 0 Å². The van der Waals surface area contributed by atoms with Crippen molar-refractivity contribution in [2.45, 2.75) is 5.41 Å². The first kappa shape index (κ1) is 34.6. The van der Waals surface area contributed by atoms with E-state index in [1.54, 1.807) is 0 Å². The smallest absolute Gasteiger partial charge is 0.243 e. The van der Waals surface area contributed by atoms with Crippen molar-refractivity contribution in [1.82, 2.24) is 19.5 Å². The standard InChI is InChI=1S/C58H35BN4/c1-3-16-36(17-4-1)55-60-56(37-18-5-2-6-19-37)62-57(61-55)38-30-33-50-45(34-38)43-23-15-26-49-54(43)59(50)51-27-12-11-25-48(51)58(49)46-24-10-7-20-40(46)44-35-39(31-32-47(44)58)63-52-28-13-8-21-41(52)42-22-9-14-29-53(42)63/h1-35H. The highest BCUT2D eigenvalue weighted by molar-refractivity contribution is 7.00. The fraction of sp³-hybridized carbons (Fsp3) is 0.0172. The maximum Gasteiger partial charge on any atom is 0.243 e. The molecule has 3 aliphatic rings. The maximum atomic E-state index is 5.13. The summed E-state index contributed by atoms with van der Waals surface area (Å²) in [6, 6.07) is 77.5. The Morgan fingerprint density at radius 1 is 0.349 bits per heavy atom. The van der Waals surface area contributed by atoms with E-state index < -0.39 is 5.41 Å². The molecule has 63 heavy (non-hydrogen) atoms. The third-order valence-electron chi connectivity index (χ3n) is 14.0. The molecule has 4 heterocycles. The molecule has 1 spiro atoms. The van der Waals surface area contributed by atoms with E-state index in [0.717, 1.165) is 16.7 Å². The molecular formula is C58H35BN4. The lowest BCUT2D eigenvalue weighted by atomic mass is 9.32. The Bertz CT molecular complexity index is 3590. The van der Waals surface area contributed by atoms with Crippen LogP contribution in [0.15, 0.2) is 212 Å². The molecule has 0 fully saturated rings. The van der Waals surface area contributed by atoms with Crippen LogP contribution < -0.4 is 16.4 Å². The third-order valence-corrected chi connectivity index (χ3v) is 14.0. The fourth-order valence-corrected chi connectivity index (χ4v) is 11.5. The van der Waals surface area contributed by atoms with Crippen molar-refractivity contribution in [3.63, 3.8) is 0 Å². The Balaban J connectivity index is 0.986. The minimum atomic E-state index is -0.502. The molecule has 2 aliphatic heterocycles. The van der Waals surface area contributed by atoms with Gasteiger partial charge in [0.2, 0.25) is 6.71 Å². The van der Waals surface area contributed by atoms with Gasteiger partial charge in [-0.25, -0.2) is 15.0 Å². The molecule has 0 N–H and O–H groups in total. The first-order valence-corrected chi connectivity index (χ1v) is 21.7. The lowest BCUT2D eigenvalue weighted by Crippen LogP contribution is -2.59. The predicted molar refractivity (Wildman–Crippen MR) is 258 cm³/mol. The summed E-state index contributed by atoms with van der Waals surface area (Å²) in [7, 11) is 0. The molecule has 0 saturated carbocycles. The molecule has 9 aromatic carbocycles. The van der Waals surface area contributed by atoms with Crippen molar-refractivity contribution < 1.29 is 0 Å². The van der Waals surface area contributed by atoms with Gasteiger partial charge in [-0.3, -0.25) is 0 Å². The van der Waals surface area contributed by atoms with Crippen LogP contribution in [0.3, 0.4) is 0 Å². The SMILES string of the molecule is c1ccc(-c2nc(-c3ccccc3)nc(-c3ccc4c(c3)-c3cccc5c3B4c3ccccc3C53c4ccccc4-c4cc(-n5c6ccccc6c6ccccc65)ccc43)n2)cc1. The van der Waals surface area contributed by atoms with Crippen LogP contribution in [0.4, 0.5) is 0 Å². The van der Waals surface area contributed by atoms with Crippen LogP contribution >= 0.6 is 0 Å².